The summed E-state index contributed by atoms with van der Waals surface area (Å²) in [5.41, 5.74) is 2.25. The van der Waals surface area contributed by atoms with Crippen molar-refractivity contribution >= 4 is 11.7 Å². The van der Waals surface area contributed by atoms with E-state index in [9.17, 15) is 4.79 Å². The Labute approximate surface area is 139 Å². The molecule has 0 radical (unpaired) electrons. The standard InChI is InChI=1S/C19H29NO3/c1-7-8-16(18(21)23-6)20-17-11-14(22-5)9-10-15(17)13(2)12-19(20,3)4/h9-11,13,16H,7-8,12H2,1-6H3/t13-,16+/m1/s1. The summed E-state index contributed by atoms with van der Waals surface area (Å²) >= 11 is 0. The number of hydrogen-bond acceptors (Lipinski definition) is 4. The second-order valence-corrected chi connectivity index (χ2v) is 7.04. The molecule has 0 saturated heterocycles. The average Bonchev–Trinajstić information content (AvgIpc) is 2.51. The first kappa shape index (κ1) is 17.6. The van der Waals surface area contributed by atoms with E-state index in [0.717, 1.165) is 30.7 Å². The van der Waals surface area contributed by atoms with Crippen LogP contribution in [0.2, 0.25) is 0 Å². The van der Waals surface area contributed by atoms with Gasteiger partial charge >= 0.3 is 5.97 Å². The number of esters is 1. The lowest BCUT2D eigenvalue weighted by molar-refractivity contribution is -0.142. The molecule has 2 rings (SSSR count). The van der Waals surface area contributed by atoms with Crippen LogP contribution in [0.25, 0.3) is 0 Å². The van der Waals surface area contributed by atoms with Gasteiger partial charge in [-0.25, -0.2) is 4.79 Å². The molecule has 0 spiro atoms. The second kappa shape index (κ2) is 6.81. The number of benzene rings is 1. The minimum Gasteiger partial charge on any atom is -0.497 e. The van der Waals surface area contributed by atoms with Crippen molar-refractivity contribution in [2.75, 3.05) is 19.1 Å². The number of rotatable bonds is 5. The quantitative estimate of drug-likeness (QED) is 0.765. The lowest BCUT2D eigenvalue weighted by Crippen LogP contribution is -2.56. The molecule has 128 valence electrons. The van der Waals surface area contributed by atoms with Crippen LogP contribution < -0.4 is 9.64 Å². The predicted octanol–water partition coefficient (Wildman–Crippen LogP) is 4.13. The van der Waals surface area contributed by atoms with Crippen LogP contribution in [0.3, 0.4) is 0 Å². The van der Waals surface area contributed by atoms with Crippen LogP contribution in [-0.4, -0.2) is 31.8 Å². The van der Waals surface area contributed by atoms with Gasteiger partial charge < -0.3 is 14.4 Å². The molecular weight excluding hydrogens is 290 g/mol. The van der Waals surface area contributed by atoms with Crippen LogP contribution in [0.15, 0.2) is 18.2 Å². The highest BCUT2D eigenvalue weighted by atomic mass is 16.5. The summed E-state index contributed by atoms with van der Waals surface area (Å²) in [7, 11) is 3.14. The lowest BCUT2D eigenvalue weighted by atomic mass is 9.78. The fourth-order valence-corrected chi connectivity index (χ4v) is 3.91. The van der Waals surface area contributed by atoms with Gasteiger partial charge in [0.15, 0.2) is 0 Å². The van der Waals surface area contributed by atoms with Crippen LogP contribution in [0, 0.1) is 0 Å². The highest BCUT2D eigenvalue weighted by Gasteiger charge is 2.42. The van der Waals surface area contributed by atoms with Crippen molar-refractivity contribution < 1.29 is 14.3 Å². The summed E-state index contributed by atoms with van der Waals surface area (Å²) in [6.45, 7) is 8.76. The van der Waals surface area contributed by atoms with Crippen molar-refractivity contribution in [3.8, 4) is 5.75 Å². The molecule has 0 aliphatic carbocycles. The maximum absolute atomic E-state index is 12.4. The van der Waals surface area contributed by atoms with E-state index in [1.807, 2.05) is 6.07 Å². The molecule has 0 saturated carbocycles. The molecule has 23 heavy (non-hydrogen) atoms. The summed E-state index contributed by atoms with van der Waals surface area (Å²) in [6.07, 6.45) is 2.71. The number of carbonyl (C=O) groups excluding carboxylic acids is 1. The smallest absolute Gasteiger partial charge is 0.328 e. The number of fused-ring (bicyclic) bond motifs is 1. The number of nitrogens with zero attached hydrogens (tertiary/aromatic N) is 1. The normalized spacial score (nSPS) is 20.6. The molecule has 0 unspecified atom stereocenters. The van der Waals surface area contributed by atoms with Crippen molar-refractivity contribution in [3.05, 3.63) is 23.8 Å². The minimum atomic E-state index is -0.265. The van der Waals surface area contributed by atoms with Gasteiger partial charge in [0.2, 0.25) is 0 Å². The monoisotopic (exact) mass is 319 g/mol. The van der Waals surface area contributed by atoms with Gasteiger partial charge in [0.05, 0.1) is 14.2 Å². The summed E-state index contributed by atoms with van der Waals surface area (Å²) in [5.74, 6) is 1.10. The molecule has 1 aromatic rings. The Bertz CT molecular complexity index is 568. The van der Waals surface area contributed by atoms with E-state index in [1.54, 1.807) is 7.11 Å². The van der Waals surface area contributed by atoms with Gasteiger partial charge in [-0.05, 0) is 44.2 Å². The molecule has 1 heterocycles. The molecule has 1 aliphatic heterocycles. The number of anilines is 1. The minimum absolute atomic E-state index is 0.118. The molecule has 2 atom stereocenters. The Morgan fingerprint density at radius 1 is 1.39 bits per heavy atom. The Morgan fingerprint density at radius 2 is 2.09 bits per heavy atom. The molecule has 0 N–H and O–H groups in total. The Morgan fingerprint density at radius 3 is 2.65 bits per heavy atom. The highest BCUT2D eigenvalue weighted by Crippen LogP contribution is 2.46. The van der Waals surface area contributed by atoms with Crippen molar-refractivity contribution in [1.29, 1.82) is 0 Å². The van der Waals surface area contributed by atoms with Crippen molar-refractivity contribution in [2.45, 2.75) is 64.5 Å². The van der Waals surface area contributed by atoms with Gasteiger partial charge in [-0.1, -0.05) is 26.3 Å². The van der Waals surface area contributed by atoms with Gasteiger partial charge in [0.25, 0.3) is 0 Å². The van der Waals surface area contributed by atoms with Crippen LogP contribution in [-0.2, 0) is 9.53 Å². The molecule has 0 amide bonds. The van der Waals surface area contributed by atoms with Crippen molar-refractivity contribution in [1.82, 2.24) is 0 Å². The molecule has 0 fully saturated rings. The first-order valence-electron chi connectivity index (χ1n) is 8.40. The van der Waals surface area contributed by atoms with Crippen molar-refractivity contribution in [2.24, 2.45) is 0 Å². The summed E-state index contributed by atoms with van der Waals surface area (Å²) in [5, 5.41) is 0. The van der Waals surface area contributed by atoms with E-state index in [0.29, 0.717) is 5.92 Å². The number of hydrogen-bond donors (Lipinski definition) is 0. The summed E-state index contributed by atoms with van der Waals surface area (Å²) in [6, 6.07) is 5.91. The molecule has 1 aromatic carbocycles. The average molecular weight is 319 g/mol. The van der Waals surface area contributed by atoms with Gasteiger partial charge in [0.1, 0.15) is 11.8 Å². The van der Waals surface area contributed by atoms with E-state index in [2.05, 4.69) is 44.7 Å². The van der Waals surface area contributed by atoms with Crippen LogP contribution in [0.5, 0.6) is 5.75 Å². The SMILES string of the molecule is CCC[C@@H](C(=O)OC)N1c2cc(OC)ccc2[C@H](C)CC1(C)C. The topological polar surface area (TPSA) is 38.8 Å². The first-order chi connectivity index (χ1) is 10.9. The Kier molecular flexibility index (Phi) is 5.23. The lowest BCUT2D eigenvalue weighted by Gasteiger charge is -2.50. The fourth-order valence-electron chi connectivity index (χ4n) is 3.91. The van der Waals surface area contributed by atoms with E-state index in [-0.39, 0.29) is 17.6 Å². The maximum Gasteiger partial charge on any atom is 0.328 e. The fraction of sp³-hybridized carbons (Fsp3) is 0.632. The van der Waals surface area contributed by atoms with E-state index in [4.69, 9.17) is 9.47 Å². The van der Waals surface area contributed by atoms with Crippen LogP contribution in [0.1, 0.15) is 58.4 Å². The molecule has 1 aliphatic rings. The third-order valence-electron chi connectivity index (χ3n) is 4.83. The number of carbonyl (C=O) groups is 1. The molecular formula is C19H29NO3. The number of methoxy groups -OCH3 is 2. The third kappa shape index (κ3) is 3.31. The zero-order valence-electron chi connectivity index (χ0n) is 15.2. The molecule has 4 nitrogen and oxygen atoms in total. The van der Waals surface area contributed by atoms with Crippen LogP contribution >= 0.6 is 0 Å². The summed E-state index contributed by atoms with van der Waals surface area (Å²) in [4.78, 5) is 14.7. The Balaban J connectivity index is 2.59. The van der Waals surface area contributed by atoms with E-state index in [1.165, 1.54) is 12.7 Å². The zero-order valence-corrected chi connectivity index (χ0v) is 15.2. The molecule has 4 heteroatoms. The van der Waals surface area contributed by atoms with Gasteiger partial charge in [-0.3, -0.25) is 0 Å². The predicted molar refractivity (Wildman–Crippen MR) is 93.3 cm³/mol. The summed E-state index contributed by atoms with van der Waals surface area (Å²) < 4.78 is 10.5. The van der Waals surface area contributed by atoms with E-state index < -0.39 is 0 Å². The second-order valence-electron chi connectivity index (χ2n) is 7.04. The highest BCUT2D eigenvalue weighted by molar-refractivity contribution is 5.82. The van der Waals surface area contributed by atoms with Crippen molar-refractivity contribution in [3.63, 3.8) is 0 Å². The zero-order chi connectivity index (χ0) is 17.2. The van der Waals surface area contributed by atoms with Gasteiger partial charge in [-0.2, -0.15) is 0 Å². The molecule has 0 aromatic heterocycles. The third-order valence-corrected chi connectivity index (χ3v) is 4.83. The largest absolute Gasteiger partial charge is 0.497 e. The first-order valence-corrected chi connectivity index (χ1v) is 8.40. The molecule has 0 bridgehead atoms. The van der Waals surface area contributed by atoms with Crippen LogP contribution in [0.4, 0.5) is 5.69 Å². The maximum atomic E-state index is 12.4. The number of ether oxygens (including phenoxy) is 2. The Hall–Kier alpha value is -1.71. The van der Waals surface area contributed by atoms with Gasteiger partial charge in [-0.15, -0.1) is 0 Å². The van der Waals surface area contributed by atoms with E-state index >= 15 is 0 Å². The van der Waals surface area contributed by atoms with Gasteiger partial charge in [0, 0.05) is 17.3 Å².